The van der Waals surface area contributed by atoms with Gasteiger partial charge in [-0.05, 0) is 30.7 Å². The molecule has 78 valence electrons. The molecule has 3 heterocycles. The number of rotatable bonds is 1. The maximum absolute atomic E-state index is 4.35. The minimum Gasteiger partial charge on any atom is -0.267 e. The summed E-state index contributed by atoms with van der Waals surface area (Å²) in [6, 6.07) is 7.77. The highest BCUT2D eigenvalue weighted by molar-refractivity contribution is 5.72. The zero-order valence-corrected chi connectivity index (χ0v) is 8.83. The van der Waals surface area contributed by atoms with Crippen molar-refractivity contribution in [3.8, 4) is 5.82 Å². The molecule has 0 fully saturated rings. The smallest absolute Gasteiger partial charge is 0.165 e. The van der Waals surface area contributed by atoms with Crippen molar-refractivity contribution in [1.29, 1.82) is 0 Å². The number of aryl methyl sites for hydroxylation is 1. The van der Waals surface area contributed by atoms with E-state index in [0.717, 1.165) is 22.5 Å². The van der Waals surface area contributed by atoms with E-state index in [0.29, 0.717) is 0 Å². The van der Waals surface area contributed by atoms with Crippen LogP contribution in [0, 0.1) is 6.92 Å². The third kappa shape index (κ3) is 1.27. The Morgan fingerprint density at radius 2 is 1.81 bits per heavy atom. The van der Waals surface area contributed by atoms with Crippen LogP contribution in [0.4, 0.5) is 0 Å². The van der Waals surface area contributed by atoms with E-state index in [1.807, 2.05) is 35.8 Å². The summed E-state index contributed by atoms with van der Waals surface area (Å²) in [6.45, 7) is 2.02. The Labute approximate surface area is 92.6 Å². The molecule has 4 nitrogen and oxygen atoms in total. The van der Waals surface area contributed by atoms with Crippen LogP contribution in [0.1, 0.15) is 5.56 Å². The molecule has 0 atom stereocenters. The highest BCUT2D eigenvalue weighted by Crippen LogP contribution is 2.16. The molecule has 0 spiro atoms. The van der Waals surface area contributed by atoms with Crippen molar-refractivity contribution in [2.24, 2.45) is 0 Å². The molecule has 3 aromatic rings. The molecule has 0 saturated heterocycles. The molecule has 4 heteroatoms. The first kappa shape index (κ1) is 9.03. The van der Waals surface area contributed by atoms with Gasteiger partial charge in [-0.25, -0.2) is 15.0 Å². The van der Waals surface area contributed by atoms with Crippen molar-refractivity contribution < 1.29 is 0 Å². The molecule has 0 unspecified atom stereocenters. The predicted octanol–water partition coefficient (Wildman–Crippen LogP) is 2.12. The predicted molar refractivity (Wildman–Crippen MR) is 61.4 cm³/mol. The lowest BCUT2D eigenvalue weighted by Crippen LogP contribution is -1.99. The lowest BCUT2D eigenvalue weighted by atomic mass is 10.3. The van der Waals surface area contributed by atoms with E-state index in [4.69, 9.17) is 0 Å². The molecule has 0 aliphatic rings. The van der Waals surface area contributed by atoms with Crippen LogP contribution in [0.2, 0.25) is 0 Å². The number of aromatic nitrogens is 4. The first-order valence-electron chi connectivity index (χ1n) is 5.06. The van der Waals surface area contributed by atoms with Crippen molar-refractivity contribution in [2.45, 2.75) is 6.92 Å². The standard InChI is InChI=1S/C12H10N4/c1-9-4-2-6-13-11(9)16-8-15-10-5-3-7-14-12(10)16/h2-8H,1H3. The minimum absolute atomic E-state index is 0.837. The largest absolute Gasteiger partial charge is 0.267 e. The molecular weight excluding hydrogens is 200 g/mol. The molecule has 3 rings (SSSR count). The Morgan fingerprint density at radius 3 is 2.69 bits per heavy atom. The van der Waals surface area contributed by atoms with E-state index in [1.54, 1.807) is 18.7 Å². The van der Waals surface area contributed by atoms with Crippen LogP contribution in [-0.2, 0) is 0 Å². The molecule has 0 bridgehead atoms. The quantitative estimate of drug-likeness (QED) is 0.618. The van der Waals surface area contributed by atoms with Crippen molar-refractivity contribution in [3.63, 3.8) is 0 Å². The van der Waals surface area contributed by atoms with Crippen LogP contribution < -0.4 is 0 Å². The Morgan fingerprint density at radius 1 is 1.00 bits per heavy atom. The Hall–Kier alpha value is -2.23. The summed E-state index contributed by atoms with van der Waals surface area (Å²) in [7, 11) is 0. The second-order valence-corrected chi connectivity index (χ2v) is 3.60. The van der Waals surface area contributed by atoms with Crippen LogP contribution in [0.3, 0.4) is 0 Å². The average Bonchev–Trinajstić information content (AvgIpc) is 2.74. The number of hydrogen-bond acceptors (Lipinski definition) is 3. The lowest BCUT2D eigenvalue weighted by Gasteiger charge is -2.04. The molecule has 0 aromatic carbocycles. The van der Waals surface area contributed by atoms with Gasteiger partial charge in [0.2, 0.25) is 0 Å². The summed E-state index contributed by atoms with van der Waals surface area (Å²) in [5.41, 5.74) is 2.82. The Bertz CT molecular complexity index is 642. The molecule has 0 aliphatic carbocycles. The molecule has 3 aromatic heterocycles. The minimum atomic E-state index is 0.837. The van der Waals surface area contributed by atoms with Crippen molar-refractivity contribution in [3.05, 3.63) is 48.5 Å². The zero-order valence-electron chi connectivity index (χ0n) is 8.83. The molecule has 0 radical (unpaired) electrons. The third-order valence-electron chi connectivity index (χ3n) is 2.52. The normalized spacial score (nSPS) is 10.8. The van der Waals surface area contributed by atoms with Crippen LogP contribution in [0.25, 0.3) is 17.0 Å². The molecule has 0 N–H and O–H groups in total. The summed E-state index contributed by atoms with van der Waals surface area (Å²) < 4.78 is 1.91. The topological polar surface area (TPSA) is 43.6 Å². The van der Waals surface area contributed by atoms with Crippen LogP contribution in [-0.4, -0.2) is 19.5 Å². The van der Waals surface area contributed by atoms with Crippen LogP contribution in [0.15, 0.2) is 43.0 Å². The second kappa shape index (κ2) is 3.41. The van der Waals surface area contributed by atoms with Gasteiger partial charge < -0.3 is 0 Å². The van der Waals surface area contributed by atoms with Gasteiger partial charge in [-0.1, -0.05) is 6.07 Å². The fourth-order valence-electron chi connectivity index (χ4n) is 1.73. The average molecular weight is 210 g/mol. The van der Waals surface area contributed by atoms with Crippen molar-refractivity contribution in [1.82, 2.24) is 19.5 Å². The van der Waals surface area contributed by atoms with E-state index >= 15 is 0 Å². The van der Waals surface area contributed by atoms with Crippen LogP contribution >= 0.6 is 0 Å². The zero-order chi connectivity index (χ0) is 11.0. The van der Waals surface area contributed by atoms with E-state index < -0.39 is 0 Å². The van der Waals surface area contributed by atoms with Gasteiger partial charge in [-0.3, -0.25) is 4.57 Å². The summed E-state index contributed by atoms with van der Waals surface area (Å²) in [5.74, 6) is 0.878. The van der Waals surface area contributed by atoms with Gasteiger partial charge in [-0.15, -0.1) is 0 Å². The molecule has 0 saturated carbocycles. The van der Waals surface area contributed by atoms with Gasteiger partial charge in [0.05, 0.1) is 0 Å². The fourth-order valence-corrected chi connectivity index (χ4v) is 1.73. The first-order valence-corrected chi connectivity index (χ1v) is 5.06. The Balaban J connectivity index is 2.31. The van der Waals surface area contributed by atoms with Gasteiger partial charge in [0.15, 0.2) is 5.65 Å². The second-order valence-electron chi connectivity index (χ2n) is 3.60. The maximum atomic E-state index is 4.35. The highest BCUT2D eigenvalue weighted by atomic mass is 15.1. The van der Waals surface area contributed by atoms with Crippen molar-refractivity contribution >= 4 is 11.2 Å². The maximum Gasteiger partial charge on any atom is 0.165 e. The third-order valence-corrected chi connectivity index (χ3v) is 2.52. The van der Waals surface area contributed by atoms with Gasteiger partial charge in [-0.2, -0.15) is 0 Å². The number of fused-ring (bicyclic) bond motifs is 1. The summed E-state index contributed by atoms with van der Waals surface area (Å²) in [4.78, 5) is 13.0. The lowest BCUT2D eigenvalue weighted by molar-refractivity contribution is 0.987. The SMILES string of the molecule is Cc1cccnc1-n1cnc2cccnc21. The molecule has 0 aliphatic heterocycles. The van der Waals surface area contributed by atoms with E-state index in [9.17, 15) is 0 Å². The Kier molecular flexibility index (Phi) is 1.93. The van der Waals surface area contributed by atoms with E-state index in [-0.39, 0.29) is 0 Å². The van der Waals surface area contributed by atoms with Gasteiger partial charge in [0.25, 0.3) is 0 Å². The molecular formula is C12H10N4. The van der Waals surface area contributed by atoms with Crippen molar-refractivity contribution in [2.75, 3.05) is 0 Å². The van der Waals surface area contributed by atoms with Gasteiger partial charge in [0, 0.05) is 12.4 Å². The fraction of sp³-hybridized carbons (Fsp3) is 0.0833. The molecule has 0 amide bonds. The van der Waals surface area contributed by atoms with E-state index in [1.165, 1.54) is 0 Å². The number of hydrogen-bond donors (Lipinski definition) is 0. The number of nitrogens with zero attached hydrogens (tertiary/aromatic N) is 4. The summed E-state index contributed by atoms with van der Waals surface area (Å²) in [5, 5.41) is 0. The van der Waals surface area contributed by atoms with Crippen LogP contribution in [0.5, 0.6) is 0 Å². The number of pyridine rings is 2. The van der Waals surface area contributed by atoms with E-state index in [2.05, 4.69) is 15.0 Å². The van der Waals surface area contributed by atoms with Gasteiger partial charge in [0.1, 0.15) is 17.7 Å². The highest BCUT2D eigenvalue weighted by Gasteiger charge is 2.07. The van der Waals surface area contributed by atoms with Gasteiger partial charge >= 0.3 is 0 Å². The monoisotopic (exact) mass is 210 g/mol. The first-order chi connectivity index (χ1) is 7.86. The molecule has 16 heavy (non-hydrogen) atoms. The number of imidazole rings is 1. The summed E-state index contributed by atoms with van der Waals surface area (Å²) >= 11 is 0. The summed E-state index contributed by atoms with van der Waals surface area (Å²) in [6.07, 6.45) is 5.29.